The van der Waals surface area contributed by atoms with Crippen molar-refractivity contribution in [3.05, 3.63) is 16.0 Å². The summed E-state index contributed by atoms with van der Waals surface area (Å²) in [5.41, 5.74) is 0. The van der Waals surface area contributed by atoms with Gasteiger partial charge in [0.1, 0.15) is 5.82 Å². The van der Waals surface area contributed by atoms with E-state index in [2.05, 4.69) is 37.7 Å². The lowest BCUT2D eigenvalue weighted by Gasteiger charge is -2.22. The SMILES string of the molecule is CC1CCCN(c2nc(Cl)ncc2Br)CC1. The van der Waals surface area contributed by atoms with Gasteiger partial charge in [0, 0.05) is 19.3 Å². The van der Waals surface area contributed by atoms with Crippen LogP contribution < -0.4 is 4.90 Å². The van der Waals surface area contributed by atoms with Gasteiger partial charge in [-0.25, -0.2) is 4.98 Å². The zero-order valence-electron chi connectivity index (χ0n) is 9.29. The molecule has 1 aliphatic heterocycles. The molecule has 0 spiro atoms. The van der Waals surface area contributed by atoms with E-state index in [0.29, 0.717) is 5.28 Å². The predicted molar refractivity (Wildman–Crippen MR) is 70.0 cm³/mol. The van der Waals surface area contributed by atoms with Crippen LogP contribution in [0.2, 0.25) is 5.28 Å². The minimum Gasteiger partial charge on any atom is -0.356 e. The van der Waals surface area contributed by atoms with Gasteiger partial charge in [-0.1, -0.05) is 6.92 Å². The maximum atomic E-state index is 5.84. The van der Waals surface area contributed by atoms with Gasteiger partial charge < -0.3 is 4.90 Å². The molecule has 1 unspecified atom stereocenters. The van der Waals surface area contributed by atoms with Crippen LogP contribution in [0.1, 0.15) is 26.2 Å². The van der Waals surface area contributed by atoms with E-state index in [1.165, 1.54) is 19.3 Å². The smallest absolute Gasteiger partial charge is 0.224 e. The molecule has 2 rings (SSSR count). The lowest BCUT2D eigenvalue weighted by molar-refractivity contribution is 0.521. The Morgan fingerprint density at radius 2 is 2.25 bits per heavy atom. The van der Waals surface area contributed by atoms with E-state index in [0.717, 1.165) is 29.3 Å². The van der Waals surface area contributed by atoms with E-state index in [1.54, 1.807) is 6.20 Å². The molecule has 0 aromatic carbocycles. The molecular formula is C11H15BrClN3. The highest BCUT2D eigenvalue weighted by molar-refractivity contribution is 9.10. The molecule has 1 aromatic rings. The largest absolute Gasteiger partial charge is 0.356 e. The summed E-state index contributed by atoms with van der Waals surface area (Å²) in [6.07, 6.45) is 5.45. The highest BCUT2D eigenvalue weighted by atomic mass is 79.9. The maximum Gasteiger partial charge on any atom is 0.224 e. The zero-order chi connectivity index (χ0) is 11.5. The quantitative estimate of drug-likeness (QED) is 0.743. The van der Waals surface area contributed by atoms with E-state index in [4.69, 9.17) is 11.6 Å². The first-order valence-electron chi connectivity index (χ1n) is 5.60. The van der Waals surface area contributed by atoms with E-state index in [1.807, 2.05) is 0 Å². The van der Waals surface area contributed by atoms with Crippen molar-refractivity contribution >= 4 is 33.3 Å². The summed E-state index contributed by atoms with van der Waals surface area (Å²) in [5.74, 6) is 1.73. The van der Waals surface area contributed by atoms with Crippen LogP contribution >= 0.6 is 27.5 Å². The van der Waals surface area contributed by atoms with Crippen molar-refractivity contribution in [2.75, 3.05) is 18.0 Å². The lowest BCUT2D eigenvalue weighted by Crippen LogP contribution is -2.25. The number of aromatic nitrogens is 2. The van der Waals surface area contributed by atoms with Crippen molar-refractivity contribution in [2.45, 2.75) is 26.2 Å². The van der Waals surface area contributed by atoms with E-state index < -0.39 is 0 Å². The van der Waals surface area contributed by atoms with Crippen LogP contribution in [0.5, 0.6) is 0 Å². The van der Waals surface area contributed by atoms with Crippen molar-refractivity contribution in [3.8, 4) is 0 Å². The Balaban J connectivity index is 2.19. The van der Waals surface area contributed by atoms with Gasteiger partial charge in [-0.15, -0.1) is 0 Å². The van der Waals surface area contributed by atoms with E-state index in [9.17, 15) is 0 Å². The Kier molecular flexibility index (Phi) is 4.03. The van der Waals surface area contributed by atoms with Crippen molar-refractivity contribution < 1.29 is 0 Å². The van der Waals surface area contributed by atoms with Crippen LogP contribution in [0.4, 0.5) is 5.82 Å². The molecular weight excluding hydrogens is 289 g/mol. The molecule has 1 fully saturated rings. The van der Waals surface area contributed by atoms with E-state index in [-0.39, 0.29) is 0 Å². The summed E-state index contributed by atoms with van der Waals surface area (Å²) in [4.78, 5) is 10.5. The molecule has 1 aromatic heterocycles. The second-order valence-corrected chi connectivity index (χ2v) is 5.53. The standard InChI is InChI=1S/C11H15BrClN3/c1-8-3-2-5-16(6-4-8)10-9(12)7-14-11(13)15-10/h7-8H,2-6H2,1H3. The molecule has 88 valence electrons. The van der Waals surface area contributed by atoms with E-state index >= 15 is 0 Å². The number of hydrogen-bond donors (Lipinski definition) is 0. The van der Waals surface area contributed by atoms with Crippen LogP contribution in [-0.4, -0.2) is 23.1 Å². The van der Waals surface area contributed by atoms with Gasteiger partial charge in [-0.05, 0) is 52.7 Å². The highest BCUT2D eigenvalue weighted by Gasteiger charge is 2.17. The van der Waals surface area contributed by atoms with Gasteiger partial charge in [0.15, 0.2) is 0 Å². The summed E-state index contributed by atoms with van der Waals surface area (Å²) in [6.45, 7) is 4.41. The van der Waals surface area contributed by atoms with Crippen molar-refractivity contribution in [3.63, 3.8) is 0 Å². The Labute approximate surface area is 109 Å². The van der Waals surface area contributed by atoms with Crippen LogP contribution in [-0.2, 0) is 0 Å². The lowest BCUT2D eigenvalue weighted by atomic mass is 10.0. The number of hydrogen-bond acceptors (Lipinski definition) is 3. The maximum absolute atomic E-state index is 5.84. The Bertz CT molecular complexity index is 372. The van der Waals surface area contributed by atoms with Crippen LogP contribution in [0, 0.1) is 5.92 Å². The minimum absolute atomic E-state index is 0.315. The average molecular weight is 305 g/mol. The first-order chi connectivity index (χ1) is 7.66. The average Bonchev–Trinajstić information content (AvgIpc) is 2.47. The summed E-state index contributed by atoms with van der Waals surface area (Å²) in [6, 6.07) is 0. The Morgan fingerprint density at radius 1 is 1.44 bits per heavy atom. The van der Waals surface area contributed by atoms with Gasteiger partial charge in [0.05, 0.1) is 4.47 Å². The normalized spacial score (nSPS) is 21.9. The monoisotopic (exact) mass is 303 g/mol. The summed E-state index contributed by atoms with van der Waals surface area (Å²) in [7, 11) is 0. The summed E-state index contributed by atoms with van der Waals surface area (Å²) >= 11 is 9.32. The fourth-order valence-electron chi connectivity index (χ4n) is 2.03. The van der Waals surface area contributed by atoms with Gasteiger partial charge in [-0.3, -0.25) is 0 Å². The second-order valence-electron chi connectivity index (χ2n) is 4.33. The second kappa shape index (κ2) is 5.32. The minimum atomic E-state index is 0.315. The van der Waals surface area contributed by atoms with Gasteiger partial charge >= 0.3 is 0 Å². The van der Waals surface area contributed by atoms with Gasteiger partial charge in [0.25, 0.3) is 0 Å². The molecule has 3 nitrogen and oxygen atoms in total. The molecule has 16 heavy (non-hydrogen) atoms. The first kappa shape index (κ1) is 12.1. The van der Waals surface area contributed by atoms with Crippen LogP contribution in [0.3, 0.4) is 0 Å². The fraction of sp³-hybridized carbons (Fsp3) is 0.636. The number of anilines is 1. The van der Waals surface area contributed by atoms with Crippen molar-refractivity contribution in [2.24, 2.45) is 5.92 Å². The third kappa shape index (κ3) is 2.86. The van der Waals surface area contributed by atoms with Crippen LogP contribution in [0.25, 0.3) is 0 Å². The molecule has 5 heteroatoms. The molecule has 1 saturated heterocycles. The predicted octanol–water partition coefficient (Wildman–Crippen LogP) is 3.52. The topological polar surface area (TPSA) is 29.0 Å². The third-order valence-electron chi connectivity index (χ3n) is 3.01. The highest BCUT2D eigenvalue weighted by Crippen LogP contribution is 2.27. The number of rotatable bonds is 1. The number of nitrogens with zero attached hydrogens (tertiary/aromatic N) is 3. The molecule has 2 heterocycles. The molecule has 0 aliphatic carbocycles. The molecule has 0 N–H and O–H groups in total. The molecule has 1 atom stereocenters. The molecule has 0 saturated carbocycles. The van der Waals surface area contributed by atoms with Gasteiger partial charge in [-0.2, -0.15) is 4.98 Å². The van der Waals surface area contributed by atoms with Gasteiger partial charge in [0.2, 0.25) is 5.28 Å². The van der Waals surface area contributed by atoms with Crippen molar-refractivity contribution in [1.82, 2.24) is 9.97 Å². The van der Waals surface area contributed by atoms with Crippen LogP contribution in [0.15, 0.2) is 10.7 Å². The summed E-state index contributed by atoms with van der Waals surface area (Å²) in [5, 5.41) is 0.315. The van der Waals surface area contributed by atoms with Crippen molar-refractivity contribution in [1.29, 1.82) is 0 Å². The third-order valence-corrected chi connectivity index (χ3v) is 3.75. The molecule has 0 bridgehead atoms. The Morgan fingerprint density at radius 3 is 3.06 bits per heavy atom. The number of halogens is 2. The summed E-state index contributed by atoms with van der Waals surface area (Å²) < 4.78 is 0.923. The fourth-order valence-corrected chi connectivity index (χ4v) is 2.60. The molecule has 0 amide bonds. The molecule has 0 radical (unpaired) electrons. The first-order valence-corrected chi connectivity index (χ1v) is 6.77. The molecule has 1 aliphatic rings. The Hall–Kier alpha value is -0.350. The zero-order valence-corrected chi connectivity index (χ0v) is 11.6.